The maximum Gasteiger partial charge on any atom is 0.573 e. The second kappa shape index (κ2) is 10.1. The van der Waals surface area contributed by atoms with Crippen LogP contribution in [0.1, 0.15) is 18.4 Å². The Kier molecular flexibility index (Phi) is 7.68. The van der Waals surface area contributed by atoms with Crippen molar-refractivity contribution in [3.63, 3.8) is 0 Å². The molecule has 1 aliphatic heterocycles. The molecule has 0 bridgehead atoms. The van der Waals surface area contributed by atoms with Gasteiger partial charge in [-0.1, -0.05) is 29.8 Å². The summed E-state index contributed by atoms with van der Waals surface area (Å²) in [5, 5.41) is 3.51. The lowest BCUT2D eigenvalue weighted by molar-refractivity contribution is -0.274. The first kappa shape index (κ1) is 24.3. The largest absolute Gasteiger partial charge is 0.573 e. The Morgan fingerprint density at radius 2 is 1.78 bits per heavy atom. The second-order valence-corrected chi connectivity index (χ2v) is 9.74. The van der Waals surface area contributed by atoms with E-state index in [1.165, 1.54) is 16.4 Å². The predicted octanol–water partition coefficient (Wildman–Crippen LogP) is 4.00. The maximum atomic E-state index is 12.8. The maximum absolute atomic E-state index is 12.8. The van der Waals surface area contributed by atoms with Crippen LogP contribution >= 0.6 is 11.6 Å². The molecule has 1 aliphatic rings. The molecule has 32 heavy (non-hydrogen) atoms. The normalized spacial score (nSPS) is 16.0. The summed E-state index contributed by atoms with van der Waals surface area (Å²) >= 11 is 5.85. The summed E-state index contributed by atoms with van der Waals surface area (Å²) in [6.45, 7) is 0.648. The van der Waals surface area contributed by atoms with Crippen molar-refractivity contribution >= 4 is 27.5 Å². The number of halogens is 4. The van der Waals surface area contributed by atoms with Crippen LogP contribution in [0.2, 0.25) is 5.02 Å². The number of benzene rings is 2. The predicted molar refractivity (Wildman–Crippen MR) is 113 cm³/mol. The molecule has 2 aromatic rings. The second-order valence-electron chi connectivity index (χ2n) is 7.37. The standard InChI is InChI=1S/C21H22ClF3N2O4S/c22-17-6-4-15(5-7-17)8-11-26-20(28)16-9-12-27(13-10-16)32(29,30)19-3-1-2-18(14-19)31-21(23,24)25/h1-7,14,16H,8-13H2,(H,26,28). The Morgan fingerprint density at radius 3 is 2.41 bits per heavy atom. The van der Waals surface area contributed by atoms with Gasteiger partial charge in [0.25, 0.3) is 0 Å². The average molecular weight is 491 g/mol. The summed E-state index contributed by atoms with van der Waals surface area (Å²) in [6.07, 6.45) is -3.62. The molecule has 1 amide bonds. The van der Waals surface area contributed by atoms with Crippen molar-refractivity contribution in [3.8, 4) is 5.75 Å². The van der Waals surface area contributed by atoms with Crippen LogP contribution in [0, 0.1) is 5.92 Å². The monoisotopic (exact) mass is 490 g/mol. The number of alkyl halides is 3. The molecule has 1 fully saturated rings. The molecule has 0 aromatic heterocycles. The Morgan fingerprint density at radius 1 is 1.12 bits per heavy atom. The topological polar surface area (TPSA) is 75.7 Å². The molecule has 1 heterocycles. The van der Waals surface area contributed by atoms with Crippen LogP contribution in [-0.2, 0) is 21.2 Å². The summed E-state index contributed by atoms with van der Waals surface area (Å²) in [5.41, 5.74) is 1.03. The lowest BCUT2D eigenvalue weighted by Gasteiger charge is -2.30. The Labute approximate surface area is 189 Å². The van der Waals surface area contributed by atoms with Crippen LogP contribution in [0.3, 0.4) is 0 Å². The van der Waals surface area contributed by atoms with Crippen LogP contribution in [0.5, 0.6) is 5.75 Å². The van der Waals surface area contributed by atoms with Crippen molar-refractivity contribution in [2.75, 3.05) is 19.6 Å². The fourth-order valence-corrected chi connectivity index (χ4v) is 5.10. The Hall–Kier alpha value is -2.30. The Balaban J connectivity index is 1.52. The van der Waals surface area contributed by atoms with Crippen molar-refractivity contribution in [3.05, 3.63) is 59.1 Å². The van der Waals surface area contributed by atoms with E-state index in [1.807, 2.05) is 12.1 Å². The number of nitrogens with zero attached hydrogens (tertiary/aromatic N) is 1. The highest BCUT2D eigenvalue weighted by molar-refractivity contribution is 7.89. The van der Waals surface area contributed by atoms with E-state index in [1.54, 1.807) is 12.1 Å². The molecule has 3 rings (SSSR count). The molecule has 1 N–H and O–H groups in total. The van der Waals surface area contributed by atoms with E-state index in [4.69, 9.17) is 11.6 Å². The molecular formula is C21H22ClF3N2O4S. The molecule has 1 saturated heterocycles. The Bertz CT molecular complexity index is 1040. The van der Waals surface area contributed by atoms with E-state index in [-0.39, 0.29) is 29.8 Å². The number of carbonyl (C=O) groups is 1. The third-order valence-corrected chi connectivity index (χ3v) is 7.27. The van der Waals surface area contributed by atoms with Gasteiger partial charge in [0.2, 0.25) is 15.9 Å². The zero-order valence-corrected chi connectivity index (χ0v) is 18.5. The quantitative estimate of drug-likeness (QED) is 0.636. The summed E-state index contributed by atoms with van der Waals surface area (Å²) in [6, 6.07) is 11.6. The van der Waals surface area contributed by atoms with Gasteiger partial charge in [0, 0.05) is 36.6 Å². The van der Waals surface area contributed by atoms with Crippen molar-refractivity contribution in [2.24, 2.45) is 5.92 Å². The van der Waals surface area contributed by atoms with Gasteiger partial charge in [-0.3, -0.25) is 4.79 Å². The highest BCUT2D eigenvalue weighted by Crippen LogP contribution is 2.28. The SMILES string of the molecule is O=C(NCCc1ccc(Cl)cc1)C1CCN(S(=O)(=O)c2cccc(OC(F)(F)F)c2)CC1. The third-order valence-electron chi connectivity index (χ3n) is 5.13. The molecule has 174 valence electrons. The number of carbonyl (C=O) groups excluding carboxylic acids is 1. The van der Waals surface area contributed by atoms with Gasteiger partial charge in [-0.2, -0.15) is 4.31 Å². The van der Waals surface area contributed by atoms with Gasteiger partial charge in [0.15, 0.2) is 0 Å². The summed E-state index contributed by atoms with van der Waals surface area (Å²) in [7, 11) is -4.00. The van der Waals surface area contributed by atoms with Gasteiger partial charge >= 0.3 is 6.36 Å². The smallest absolute Gasteiger partial charge is 0.406 e. The van der Waals surface area contributed by atoms with Gasteiger partial charge in [0.1, 0.15) is 5.75 Å². The van der Waals surface area contributed by atoms with Crippen molar-refractivity contribution in [2.45, 2.75) is 30.5 Å². The molecule has 0 unspecified atom stereocenters. The minimum atomic E-state index is -4.92. The molecular weight excluding hydrogens is 469 g/mol. The third kappa shape index (κ3) is 6.60. The average Bonchev–Trinajstić information content (AvgIpc) is 2.74. The van der Waals surface area contributed by atoms with Crippen molar-refractivity contribution < 1.29 is 31.1 Å². The van der Waals surface area contributed by atoms with E-state index >= 15 is 0 Å². The summed E-state index contributed by atoms with van der Waals surface area (Å²) < 4.78 is 67.9. The molecule has 6 nitrogen and oxygen atoms in total. The van der Waals surface area contributed by atoms with E-state index in [9.17, 15) is 26.4 Å². The van der Waals surface area contributed by atoms with Gasteiger partial charge in [-0.15, -0.1) is 13.2 Å². The number of ether oxygens (including phenoxy) is 1. The van der Waals surface area contributed by atoms with E-state index in [2.05, 4.69) is 10.1 Å². The lowest BCUT2D eigenvalue weighted by atomic mass is 9.97. The molecule has 2 aromatic carbocycles. The van der Waals surface area contributed by atoms with Crippen LogP contribution in [-0.4, -0.2) is 44.6 Å². The van der Waals surface area contributed by atoms with Crippen molar-refractivity contribution in [1.82, 2.24) is 9.62 Å². The summed E-state index contributed by atoms with van der Waals surface area (Å²) in [5.74, 6) is -1.07. The number of sulfonamides is 1. The molecule has 0 radical (unpaired) electrons. The van der Waals surface area contributed by atoms with Gasteiger partial charge in [-0.05, 0) is 49.1 Å². The summed E-state index contributed by atoms with van der Waals surface area (Å²) in [4.78, 5) is 12.1. The molecule has 0 saturated carbocycles. The van der Waals surface area contributed by atoms with Crippen LogP contribution in [0.4, 0.5) is 13.2 Å². The zero-order chi connectivity index (χ0) is 23.4. The minimum absolute atomic E-state index is 0.0992. The fraction of sp³-hybridized carbons (Fsp3) is 0.381. The van der Waals surface area contributed by atoms with Gasteiger partial charge < -0.3 is 10.1 Å². The zero-order valence-electron chi connectivity index (χ0n) is 16.9. The first-order valence-corrected chi connectivity index (χ1v) is 11.7. The van der Waals surface area contributed by atoms with Crippen molar-refractivity contribution in [1.29, 1.82) is 0 Å². The van der Waals surface area contributed by atoms with E-state index in [0.29, 0.717) is 30.8 Å². The number of amides is 1. The van der Waals surface area contributed by atoms with Gasteiger partial charge in [0.05, 0.1) is 4.90 Å². The number of nitrogens with one attached hydrogen (secondary N) is 1. The highest BCUT2D eigenvalue weighted by atomic mass is 35.5. The van der Waals surface area contributed by atoms with Crippen LogP contribution in [0.15, 0.2) is 53.4 Å². The van der Waals surface area contributed by atoms with Gasteiger partial charge in [-0.25, -0.2) is 8.42 Å². The number of rotatable bonds is 7. The minimum Gasteiger partial charge on any atom is -0.406 e. The van der Waals surface area contributed by atoms with E-state index < -0.39 is 22.1 Å². The molecule has 0 atom stereocenters. The molecule has 0 aliphatic carbocycles. The van der Waals surface area contributed by atoms with E-state index in [0.717, 1.165) is 17.7 Å². The number of piperidine rings is 1. The number of hydrogen-bond acceptors (Lipinski definition) is 4. The molecule has 11 heteroatoms. The molecule has 0 spiro atoms. The number of hydrogen-bond donors (Lipinski definition) is 1. The fourth-order valence-electron chi connectivity index (χ4n) is 3.46. The lowest BCUT2D eigenvalue weighted by Crippen LogP contribution is -2.43. The first-order chi connectivity index (χ1) is 15.0. The van der Waals surface area contributed by atoms with Crippen LogP contribution in [0.25, 0.3) is 0 Å². The highest BCUT2D eigenvalue weighted by Gasteiger charge is 2.34. The van der Waals surface area contributed by atoms with Crippen LogP contribution < -0.4 is 10.1 Å². The first-order valence-electron chi connectivity index (χ1n) is 9.93.